The first kappa shape index (κ1) is 13.0. The van der Waals surface area contributed by atoms with Crippen LogP contribution < -0.4 is 5.32 Å². The Morgan fingerprint density at radius 1 is 1.35 bits per heavy atom. The second kappa shape index (κ2) is 5.04. The van der Waals surface area contributed by atoms with Gasteiger partial charge in [0.05, 0.1) is 21.7 Å². The number of carbonyl (C=O) groups is 1. The molecule has 0 radical (unpaired) electrons. The summed E-state index contributed by atoms with van der Waals surface area (Å²) in [6, 6.07) is 3.36. The molecular formula is C11H10BrCl2NO2. The molecule has 0 bridgehead atoms. The molecule has 92 valence electrons. The Morgan fingerprint density at radius 3 is 2.35 bits per heavy atom. The summed E-state index contributed by atoms with van der Waals surface area (Å²) in [4.78, 5) is 10.9. The molecule has 1 fully saturated rings. The summed E-state index contributed by atoms with van der Waals surface area (Å²) in [5.41, 5.74) is 0.604. The number of carboxylic acids is 1. The quantitative estimate of drug-likeness (QED) is 0.874. The van der Waals surface area contributed by atoms with Gasteiger partial charge in [0.2, 0.25) is 0 Å². The van der Waals surface area contributed by atoms with Crippen molar-refractivity contribution in [3.8, 4) is 0 Å². The molecule has 1 aromatic rings. The highest BCUT2D eigenvalue weighted by atomic mass is 79.9. The number of hydrogen-bond donors (Lipinski definition) is 2. The molecule has 0 saturated heterocycles. The van der Waals surface area contributed by atoms with Crippen LogP contribution in [-0.4, -0.2) is 17.1 Å². The van der Waals surface area contributed by atoms with Gasteiger partial charge in [-0.3, -0.25) is 4.79 Å². The fourth-order valence-corrected chi connectivity index (χ4v) is 3.15. The van der Waals surface area contributed by atoms with Crippen molar-refractivity contribution < 1.29 is 9.90 Å². The summed E-state index contributed by atoms with van der Waals surface area (Å²) >= 11 is 15.4. The molecule has 0 heterocycles. The predicted octanol–water partition coefficient (Wildman–Crippen LogP) is 4.03. The van der Waals surface area contributed by atoms with Gasteiger partial charge in [-0.2, -0.15) is 0 Å². The van der Waals surface area contributed by atoms with E-state index >= 15 is 0 Å². The largest absolute Gasteiger partial charge is 0.481 e. The van der Waals surface area contributed by atoms with E-state index in [1.807, 2.05) is 0 Å². The molecule has 17 heavy (non-hydrogen) atoms. The SMILES string of the molecule is O=C(O)C1CCC1Nc1c(Cl)cc(Br)cc1Cl. The Balaban J connectivity index is 2.17. The van der Waals surface area contributed by atoms with E-state index in [2.05, 4.69) is 21.2 Å². The first-order valence-corrected chi connectivity index (χ1v) is 6.68. The topological polar surface area (TPSA) is 49.3 Å². The summed E-state index contributed by atoms with van der Waals surface area (Å²) in [7, 11) is 0. The van der Waals surface area contributed by atoms with Crippen molar-refractivity contribution in [3.63, 3.8) is 0 Å². The van der Waals surface area contributed by atoms with Crippen molar-refractivity contribution in [2.75, 3.05) is 5.32 Å². The number of rotatable bonds is 3. The van der Waals surface area contributed by atoms with Gasteiger partial charge in [0.15, 0.2) is 0 Å². The molecule has 0 aromatic heterocycles. The minimum absolute atomic E-state index is 0.0938. The van der Waals surface area contributed by atoms with E-state index < -0.39 is 5.97 Å². The van der Waals surface area contributed by atoms with E-state index in [9.17, 15) is 4.79 Å². The van der Waals surface area contributed by atoms with E-state index in [1.54, 1.807) is 12.1 Å². The molecule has 2 unspecified atom stereocenters. The summed E-state index contributed by atoms with van der Waals surface area (Å²) in [5, 5.41) is 13.0. The summed E-state index contributed by atoms with van der Waals surface area (Å²) in [5.74, 6) is -1.14. The van der Waals surface area contributed by atoms with Gasteiger partial charge in [-0.25, -0.2) is 0 Å². The fraction of sp³-hybridized carbons (Fsp3) is 0.364. The van der Waals surface area contributed by atoms with Crippen LogP contribution in [0.15, 0.2) is 16.6 Å². The maximum absolute atomic E-state index is 10.9. The second-order valence-corrected chi connectivity index (χ2v) is 5.75. The molecule has 2 rings (SSSR count). The second-order valence-electron chi connectivity index (χ2n) is 4.02. The number of nitrogens with one attached hydrogen (secondary N) is 1. The van der Waals surface area contributed by atoms with Gasteiger partial charge in [0, 0.05) is 10.5 Å². The average molecular weight is 339 g/mol. The van der Waals surface area contributed by atoms with Crippen LogP contribution in [0.3, 0.4) is 0 Å². The third-order valence-corrected chi connectivity index (χ3v) is 3.98. The van der Waals surface area contributed by atoms with Gasteiger partial charge >= 0.3 is 5.97 Å². The first-order chi connectivity index (χ1) is 7.99. The standard InChI is InChI=1S/C11H10BrCl2NO2/c12-5-3-7(13)10(8(14)4-5)15-9-2-1-6(9)11(16)17/h3-4,6,9,15H,1-2H2,(H,16,17). The van der Waals surface area contributed by atoms with Gasteiger partial charge in [0.1, 0.15) is 0 Å². The normalized spacial score (nSPS) is 23.0. The van der Waals surface area contributed by atoms with Crippen LogP contribution in [-0.2, 0) is 4.79 Å². The van der Waals surface area contributed by atoms with Crippen molar-refractivity contribution in [2.24, 2.45) is 5.92 Å². The van der Waals surface area contributed by atoms with E-state index in [0.717, 1.165) is 10.9 Å². The van der Waals surface area contributed by atoms with Crippen molar-refractivity contribution in [1.29, 1.82) is 0 Å². The minimum atomic E-state index is -0.780. The van der Waals surface area contributed by atoms with Crippen molar-refractivity contribution >= 4 is 50.8 Å². The van der Waals surface area contributed by atoms with Crippen LogP contribution in [0.2, 0.25) is 10.0 Å². The third kappa shape index (κ3) is 2.69. The molecule has 0 aliphatic heterocycles. The smallest absolute Gasteiger partial charge is 0.308 e. The summed E-state index contributed by atoms with van der Waals surface area (Å²) in [6.07, 6.45) is 1.51. The molecule has 2 atom stereocenters. The monoisotopic (exact) mass is 337 g/mol. The average Bonchev–Trinajstić information content (AvgIpc) is 2.12. The first-order valence-electron chi connectivity index (χ1n) is 5.13. The maximum Gasteiger partial charge on any atom is 0.308 e. The zero-order valence-electron chi connectivity index (χ0n) is 8.71. The van der Waals surface area contributed by atoms with Gasteiger partial charge in [-0.15, -0.1) is 0 Å². The van der Waals surface area contributed by atoms with Crippen molar-refractivity contribution in [1.82, 2.24) is 0 Å². The Bertz CT molecular complexity index is 444. The van der Waals surface area contributed by atoms with Crippen LogP contribution >= 0.6 is 39.1 Å². The Hall–Kier alpha value is -0.450. The number of halogens is 3. The van der Waals surface area contributed by atoms with Crippen LogP contribution in [0.4, 0.5) is 5.69 Å². The van der Waals surface area contributed by atoms with Gasteiger partial charge in [-0.05, 0) is 25.0 Å². The molecule has 2 N–H and O–H groups in total. The Kier molecular flexibility index (Phi) is 3.85. The maximum atomic E-state index is 10.9. The van der Waals surface area contributed by atoms with Crippen LogP contribution in [0.1, 0.15) is 12.8 Å². The van der Waals surface area contributed by atoms with E-state index in [0.29, 0.717) is 22.2 Å². The van der Waals surface area contributed by atoms with Crippen LogP contribution in [0, 0.1) is 5.92 Å². The predicted molar refractivity (Wildman–Crippen MR) is 71.9 cm³/mol. The van der Waals surface area contributed by atoms with Crippen LogP contribution in [0.5, 0.6) is 0 Å². The molecular weight excluding hydrogens is 329 g/mol. The number of anilines is 1. The molecule has 0 spiro atoms. The minimum Gasteiger partial charge on any atom is -0.481 e. The van der Waals surface area contributed by atoms with E-state index in [-0.39, 0.29) is 12.0 Å². The van der Waals surface area contributed by atoms with Crippen molar-refractivity contribution in [2.45, 2.75) is 18.9 Å². The highest BCUT2D eigenvalue weighted by molar-refractivity contribution is 9.10. The molecule has 1 aliphatic rings. The highest BCUT2D eigenvalue weighted by Gasteiger charge is 2.37. The number of benzene rings is 1. The Morgan fingerprint density at radius 2 is 1.94 bits per heavy atom. The number of hydrogen-bond acceptors (Lipinski definition) is 2. The number of carboxylic acid groups (broad SMARTS) is 1. The molecule has 0 amide bonds. The summed E-state index contributed by atoms with van der Waals surface area (Å²) < 4.78 is 0.793. The van der Waals surface area contributed by atoms with E-state index in [4.69, 9.17) is 28.3 Å². The highest BCUT2D eigenvalue weighted by Crippen LogP contribution is 2.38. The fourth-order valence-electron chi connectivity index (χ4n) is 1.83. The number of aliphatic carboxylic acids is 1. The third-order valence-electron chi connectivity index (χ3n) is 2.93. The lowest BCUT2D eigenvalue weighted by molar-refractivity contribution is -0.144. The zero-order valence-corrected chi connectivity index (χ0v) is 11.8. The lowest BCUT2D eigenvalue weighted by atomic mass is 9.79. The van der Waals surface area contributed by atoms with Gasteiger partial charge < -0.3 is 10.4 Å². The molecule has 1 aromatic carbocycles. The molecule has 1 saturated carbocycles. The lowest BCUT2D eigenvalue weighted by Gasteiger charge is -2.35. The van der Waals surface area contributed by atoms with Gasteiger partial charge in [0.25, 0.3) is 0 Å². The van der Waals surface area contributed by atoms with Crippen molar-refractivity contribution in [3.05, 3.63) is 26.7 Å². The molecule has 3 nitrogen and oxygen atoms in total. The van der Waals surface area contributed by atoms with Gasteiger partial charge in [-0.1, -0.05) is 39.1 Å². The zero-order chi connectivity index (χ0) is 12.6. The molecule has 1 aliphatic carbocycles. The van der Waals surface area contributed by atoms with E-state index in [1.165, 1.54) is 0 Å². The molecule has 6 heteroatoms. The van der Waals surface area contributed by atoms with Crippen LogP contribution in [0.25, 0.3) is 0 Å². The Labute approximate surface area is 117 Å². The summed E-state index contributed by atoms with van der Waals surface area (Å²) in [6.45, 7) is 0. The lowest BCUT2D eigenvalue weighted by Crippen LogP contribution is -2.43.